The number of rotatable bonds is 2. The minimum atomic E-state index is -0.390. The number of ketones is 2. The predicted octanol–water partition coefficient (Wildman–Crippen LogP) is 1.30. The lowest BCUT2D eigenvalue weighted by Crippen LogP contribution is -2.27. The molecule has 4 nitrogen and oxygen atoms in total. The number of nitrogens with zero attached hydrogens (tertiary/aromatic N) is 2. The van der Waals surface area contributed by atoms with Gasteiger partial charge in [-0.05, 0) is 12.0 Å². The van der Waals surface area contributed by atoms with Crippen molar-refractivity contribution in [2.75, 3.05) is 0 Å². The van der Waals surface area contributed by atoms with Crippen molar-refractivity contribution in [2.24, 2.45) is 5.92 Å². The van der Waals surface area contributed by atoms with Gasteiger partial charge in [0.2, 0.25) is 5.78 Å². The van der Waals surface area contributed by atoms with Gasteiger partial charge in [-0.2, -0.15) is 4.79 Å². The second kappa shape index (κ2) is 4.21. The Bertz CT molecular complexity index is 501. The first-order valence-corrected chi connectivity index (χ1v) is 5.04. The molecule has 4 heteroatoms. The molecule has 0 heterocycles. The van der Waals surface area contributed by atoms with E-state index in [1.807, 2.05) is 18.2 Å². The Labute approximate surface area is 92.5 Å². The molecule has 0 saturated heterocycles. The Morgan fingerprint density at radius 1 is 1.38 bits per heavy atom. The fraction of sp³-hybridized carbons (Fsp3) is 0.250. The Balaban J connectivity index is 2.31. The minimum Gasteiger partial charge on any atom is -0.361 e. The topological polar surface area (TPSA) is 70.5 Å². The molecule has 0 fully saturated rings. The smallest absolute Gasteiger partial charge is 0.323 e. The van der Waals surface area contributed by atoms with Gasteiger partial charge in [-0.3, -0.25) is 9.59 Å². The van der Waals surface area contributed by atoms with Crippen molar-refractivity contribution in [1.82, 2.24) is 0 Å². The van der Waals surface area contributed by atoms with Crippen LogP contribution in [0, 0.1) is 5.92 Å². The zero-order chi connectivity index (χ0) is 11.5. The Kier molecular flexibility index (Phi) is 2.75. The molecule has 0 saturated carbocycles. The van der Waals surface area contributed by atoms with Gasteiger partial charge < -0.3 is 5.53 Å². The average molecular weight is 214 g/mol. The summed E-state index contributed by atoms with van der Waals surface area (Å²) in [6.45, 7) is 0. The SMILES string of the molecule is [N-]=[N+]=CC(=O)C1CC(=O)c2ccccc2C1. The van der Waals surface area contributed by atoms with Crippen molar-refractivity contribution >= 4 is 17.8 Å². The average Bonchev–Trinajstić information content (AvgIpc) is 2.29. The van der Waals surface area contributed by atoms with E-state index < -0.39 is 5.92 Å². The molecule has 1 aromatic carbocycles. The summed E-state index contributed by atoms with van der Waals surface area (Å²) in [5.74, 6) is -0.713. The van der Waals surface area contributed by atoms with E-state index in [2.05, 4.69) is 4.79 Å². The van der Waals surface area contributed by atoms with Crippen LogP contribution in [0.3, 0.4) is 0 Å². The molecule has 16 heavy (non-hydrogen) atoms. The van der Waals surface area contributed by atoms with Crippen LogP contribution in [0.5, 0.6) is 0 Å². The quantitative estimate of drug-likeness (QED) is 0.423. The van der Waals surface area contributed by atoms with Crippen molar-refractivity contribution in [1.29, 1.82) is 0 Å². The van der Waals surface area contributed by atoms with Crippen LogP contribution in [-0.4, -0.2) is 22.6 Å². The maximum atomic E-state index is 11.7. The summed E-state index contributed by atoms with van der Waals surface area (Å²) in [4.78, 5) is 25.9. The molecular weight excluding hydrogens is 204 g/mol. The van der Waals surface area contributed by atoms with Crippen molar-refractivity contribution in [2.45, 2.75) is 12.8 Å². The molecule has 1 aliphatic carbocycles. The van der Waals surface area contributed by atoms with Crippen LogP contribution in [0.25, 0.3) is 5.53 Å². The first-order chi connectivity index (χ1) is 7.72. The molecule has 0 amide bonds. The zero-order valence-corrected chi connectivity index (χ0v) is 8.59. The van der Waals surface area contributed by atoms with Crippen LogP contribution in [0.4, 0.5) is 0 Å². The van der Waals surface area contributed by atoms with E-state index in [9.17, 15) is 9.59 Å². The maximum absolute atomic E-state index is 11.7. The van der Waals surface area contributed by atoms with Gasteiger partial charge in [0.05, 0.1) is 0 Å². The van der Waals surface area contributed by atoms with Crippen molar-refractivity contribution in [3.8, 4) is 0 Å². The molecule has 0 aliphatic heterocycles. The highest BCUT2D eigenvalue weighted by Crippen LogP contribution is 2.25. The van der Waals surface area contributed by atoms with Crippen LogP contribution < -0.4 is 0 Å². The maximum Gasteiger partial charge on any atom is 0.323 e. The van der Waals surface area contributed by atoms with Crippen molar-refractivity contribution in [3.05, 3.63) is 40.9 Å². The standard InChI is InChI=1S/C12H10N2O2/c13-14-7-12(16)9-5-8-3-1-2-4-10(8)11(15)6-9/h1-4,7,9H,5-6H2. The number of Topliss-reactive ketones (excluding diaryl/α,β-unsaturated/α-hetero) is 2. The monoisotopic (exact) mass is 214 g/mol. The molecule has 0 aromatic heterocycles. The summed E-state index contributed by atoms with van der Waals surface area (Å²) in [6, 6.07) is 7.29. The highest BCUT2D eigenvalue weighted by atomic mass is 16.1. The van der Waals surface area contributed by atoms with Gasteiger partial charge >= 0.3 is 6.21 Å². The van der Waals surface area contributed by atoms with Gasteiger partial charge in [-0.1, -0.05) is 24.3 Å². The number of hydrogen-bond acceptors (Lipinski definition) is 2. The molecule has 0 bridgehead atoms. The Morgan fingerprint density at radius 3 is 2.88 bits per heavy atom. The second-order valence-corrected chi connectivity index (χ2v) is 3.83. The second-order valence-electron chi connectivity index (χ2n) is 3.83. The lowest BCUT2D eigenvalue weighted by Gasteiger charge is -2.20. The number of fused-ring (bicyclic) bond motifs is 1. The van der Waals surface area contributed by atoms with E-state index in [0.717, 1.165) is 11.8 Å². The van der Waals surface area contributed by atoms with E-state index in [0.29, 0.717) is 12.0 Å². The first kappa shape index (κ1) is 10.5. The highest BCUT2D eigenvalue weighted by Gasteiger charge is 2.30. The predicted molar refractivity (Wildman–Crippen MR) is 57.3 cm³/mol. The van der Waals surface area contributed by atoms with Gasteiger partial charge in [0.15, 0.2) is 5.78 Å². The summed E-state index contributed by atoms with van der Waals surface area (Å²) >= 11 is 0. The van der Waals surface area contributed by atoms with Crippen LogP contribution in [-0.2, 0) is 11.2 Å². The third-order valence-corrected chi connectivity index (χ3v) is 2.80. The van der Waals surface area contributed by atoms with E-state index in [-0.39, 0.29) is 18.0 Å². The number of hydrogen-bond donors (Lipinski definition) is 0. The number of carbonyl (C=O) groups is 2. The third kappa shape index (κ3) is 1.83. The Hall–Kier alpha value is -2.06. The lowest BCUT2D eigenvalue weighted by molar-refractivity contribution is -0.119. The summed E-state index contributed by atoms with van der Waals surface area (Å²) in [5, 5.41) is 0. The zero-order valence-electron chi connectivity index (χ0n) is 8.59. The molecule has 1 aliphatic rings. The van der Waals surface area contributed by atoms with Gasteiger partial charge in [0.1, 0.15) is 0 Å². The fourth-order valence-electron chi connectivity index (χ4n) is 2.01. The van der Waals surface area contributed by atoms with Crippen LogP contribution in [0.2, 0.25) is 0 Å². The molecule has 1 atom stereocenters. The molecule has 1 unspecified atom stereocenters. The summed E-state index contributed by atoms with van der Waals surface area (Å²) in [7, 11) is 0. The van der Waals surface area contributed by atoms with Gasteiger partial charge in [-0.25, -0.2) is 0 Å². The van der Waals surface area contributed by atoms with Gasteiger partial charge in [0.25, 0.3) is 0 Å². The molecule has 80 valence electrons. The third-order valence-electron chi connectivity index (χ3n) is 2.80. The summed E-state index contributed by atoms with van der Waals surface area (Å²) in [5.41, 5.74) is 9.89. The molecule has 0 radical (unpaired) electrons. The first-order valence-electron chi connectivity index (χ1n) is 5.04. The number of carbonyl (C=O) groups excluding carboxylic acids is 2. The molecule has 1 aromatic rings. The van der Waals surface area contributed by atoms with Crippen LogP contribution >= 0.6 is 0 Å². The van der Waals surface area contributed by atoms with E-state index in [1.165, 1.54) is 0 Å². The molecule has 0 N–H and O–H groups in total. The largest absolute Gasteiger partial charge is 0.361 e. The molecule has 2 rings (SSSR count). The normalized spacial score (nSPS) is 18.5. The van der Waals surface area contributed by atoms with E-state index in [1.54, 1.807) is 6.07 Å². The van der Waals surface area contributed by atoms with Crippen LogP contribution in [0.15, 0.2) is 24.3 Å². The fourth-order valence-corrected chi connectivity index (χ4v) is 2.01. The minimum absolute atomic E-state index is 0.0217. The van der Waals surface area contributed by atoms with E-state index >= 15 is 0 Å². The summed E-state index contributed by atoms with van der Waals surface area (Å²) < 4.78 is 0. The van der Waals surface area contributed by atoms with Crippen LogP contribution in [0.1, 0.15) is 22.3 Å². The molecular formula is C12H10N2O2. The summed E-state index contributed by atoms with van der Waals surface area (Å²) in [6.07, 6.45) is 1.60. The number of benzene rings is 1. The van der Waals surface area contributed by atoms with E-state index in [4.69, 9.17) is 5.53 Å². The molecule has 0 spiro atoms. The highest BCUT2D eigenvalue weighted by molar-refractivity contribution is 6.27. The van der Waals surface area contributed by atoms with Crippen molar-refractivity contribution in [3.63, 3.8) is 0 Å². The van der Waals surface area contributed by atoms with Crippen molar-refractivity contribution < 1.29 is 14.4 Å². The lowest BCUT2D eigenvalue weighted by atomic mass is 9.81. The Morgan fingerprint density at radius 2 is 2.12 bits per heavy atom. The van der Waals surface area contributed by atoms with Gasteiger partial charge in [0, 0.05) is 17.9 Å². The van der Waals surface area contributed by atoms with Gasteiger partial charge in [-0.15, -0.1) is 0 Å².